The van der Waals surface area contributed by atoms with Crippen LogP contribution in [0.3, 0.4) is 0 Å². The zero-order valence-corrected chi connectivity index (χ0v) is 36.8. The molecule has 4 heteroatoms. The molecule has 0 amide bonds. The van der Waals surface area contributed by atoms with E-state index in [2.05, 4.69) is 136 Å². The van der Waals surface area contributed by atoms with E-state index in [1.165, 1.54) is 134 Å². The Morgan fingerprint density at radius 2 is 1.02 bits per heavy atom. The molecular weight excluding hydrogens is 766 g/mol. The molecule has 0 aliphatic carbocycles. The summed E-state index contributed by atoms with van der Waals surface area (Å²) in [5, 5.41) is 4.50. The zero-order valence-electron chi connectivity index (χ0n) is 33.8. The molecule has 0 saturated heterocycles. The van der Waals surface area contributed by atoms with Crippen molar-refractivity contribution >= 4 is 42.9 Å². The Morgan fingerprint density at radius 1 is 0.538 bits per heavy atom. The van der Waals surface area contributed by atoms with Crippen LogP contribution < -0.4 is 15.9 Å². The Labute approximate surface area is 334 Å². The molecule has 0 bridgehead atoms. The van der Waals surface area contributed by atoms with Crippen molar-refractivity contribution in [3.63, 3.8) is 0 Å². The van der Waals surface area contributed by atoms with E-state index in [9.17, 15) is 0 Å². The van der Waals surface area contributed by atoms with Crippen LogP contribution in [0, 0.1) is 20.8 Å². The van der Waals surface area contributed by atoms with Crippen LogP contribution in [-0.2, 0) is 15.9 Å². The third-order valence-corrected chi connectivity index (χ3v) is 18.7. The second kappa shape index (κ2) is 27.1. The van der Waals surface area contributed by atoms with Crippen molar-refractivity contribution in [2.24, 2.45) is 0 Å². The molecule has 0 atom stereocenters. The largest absolute Gasteiger partial charge is 0.353 e. The molecule has 0 spiro atoms. The van der Waals surface area contributed by atoms with Crippen molar-refractivity contribution in [1.82, 2.24) is 0 Å². The van der Waals surface area contributed by atoms with E-state index in [1.807, 2.05) is 0 Å². The van der Waals surface area contributed by atoms with E-state index in [0.717, 1.165) is 45.3 Å². The molecule has 0 radical (unpaired) electrons. The summed E-state index contributed by atoms with van der Waals surface area (Å²) in [6.07, 6.45) is 29.8. The zero-order chi connectivity index (χ0) is 37.3. The Bertz CT molecular complexity index is 1340. The molecule has 2 nitrogen and oxygen atoms in total. The maximum Gasteiger partial charge on any atom is 0.173 e. The lowest BCUT2D eigenvalue weighted by Gasteiger charge is -2.25. The van der Waals surface area contributed by atoms with Crippen molar-refractivity contribution < 1.29 is 9.47 Å². The minimum absolute atomic E-state index is 0.0169. The number of ether oxygens (including phenoxy) is 2. The number of hydrogen-bond donors (Lipinski definition) is 0. The fourth-order valence-electron chi connectivity index (χ4n) is 7.29. The fraction of sp³-hybridized carbons (Fsp3) is 0.583. The van der Waals surface area contributed by atoms with Crippen LogP contribution in [0.25, 0.3) is 0 Å². The summed E-state index contributed by atoms with van der Waals surface area (Å²) in [4.78, 5) is -1.82. The van der Waals surface area contributed by atoms with Crippen molar-refractivity contribution in [1.29, 1.82) is 0 Å². The number of benzene rings is 3. The lowest BCUT2D eigenvalue weighted by Crippen LogP contribution is -2.31. The van der Waals surface area contributed by atoms with Gasteiger partial charge in [-0.15, -0.1) is 0 Å². The average molecular weight is 840 g/mol. The first kappa shape index (κ1) is 44.9. The molecule has 3 aromatic carbocycles. The summed E-state index contributed by atoms with van der Waals surface area (Å²) in [5.74, 6) is 0. The first-order valence-corrected chi connectivity index (χ1v) is 25.7. The Kier molecular flexibility index (Phi) is 23.4. The molecule has 0 unspecified atom stereocenters. The minimum Gasteiger partial charge on any atom is -0.353 e. The molecule has 0 fully saturated rings. The molecular formula is C48H73IO2P+. The number of halogens is 1. The van der Waals surface area contributed by atoms with Gasteiger partial charge in [0.15, 0.2) is 33.2 Å². The molecule has 0 aliphatic heterocycles. The predicted molar refractivity (Wildman–Crippen MR) is 241 cm³/mol. The summed E-state index contributed by atoms with van der Waals surface area (Å²) >= 11 is 2.85. The second-order valence-corrected chi connectivity index (χ2v) is 21.9. The molecule has 288 valence electrons. The van der Waals surface area contributed by atoms with Gasteiger partial charge >= 0.3 is 0 Å². The predicted octanol–water partition coefficient (Wildman–Crippen LogP) is 14.2. The van der Waals surface area contributed by atoms with Gasteiger partial charge in [-0.3, -0.25) is 0 Å². The molecule has 0 aliphatic rings. The van der Waals surface area contributed by atoms with Gasteiger partial charge < -0.3 is 9.47 Å². The monoisotopic (exact) mass is 839 g/mol. The fourth-order valence-corrected chi connectivity index (χ4v) is 15.5. The minimum atomic E-state index is -1.82. The maximum atomic E-state index is 6.26. The average Bonchev–Trinajstić information content (AvgIpc) is 3.15. The van der Waals surface area contributed by atoms with Crippen LogP contribution in [0.5, 0.6) is 0 Å². The molecule has 3 aromatic rings. The van der Waals surface area contributed by atoms with E-state index < -0.39 is 4.90 Å². The number of rotatable bonds is 29. The Balaban J connectivity index is 1.43. The van der Waals surface area contributed by atoms with E-state index >= 15 is 0 Å². The summed E-state index contributed by atoms with van der Waals surface area (Å²) in [6.45, 7) is 13.2. The molecule has 0 heterocycles. The quantitative estimate of drug-likeness (QED) is 0.0228. The number of hydrogen-bond acceptors (Lipinski definition) is 2. The summed E-state index contributed by atoms with van der Waals surface area (Å²) in [7, 11) is 0. The lowest BCUT2D eigenvalue weighted by atomic mass is 10.0. The van der Waals surface area contributed by atoms with Crippen LogP contribution in [-0.4, -0.2) is 19.5 Å². The van der Waals surface area contributed by atoms with Gasteiger partial charge in [-0.1, -0.05) is 145 Å². The molecule has 0 N–H and O–H groups in total. The first-order chi connectivity index (χ1) is 25.4. The summed E-state index contributed by atoms with van der Waals surface area (Å²) < 4.78 is 12.5. The van der Waals surface area contributed by atoms with Crippen LogP contribution in [0.1, 0.15) is 158 Å². The third-order valence-electron chi connectivity index (χ3n) is 10.5. The van der Waals surface area contributed by atoms with Crippen LogP contribution >= 0.6 is 26.9 Å². The summed E-state index contributed by atoms with van der Waals surface area (Å²) in [6, 6.07) is 25.2. The number of unbranched alkanes of at least 4 members (excludes halogenated alkanes) is 14. The highest BCUT2D eigenvalue weighted by atomic mass is 127. The van der Waals surface area contributed by atoms with E-state index in [-0.39, 0.29) is 6.29 Å². The van der Waals surface area contributed by atoms with Crippen LogP contribution in [0.15, 0.2) is 78.9 Å². The van der Waals surface area contributed by atoms with Gasteiger partial charge in [0, 0.05) is 13.2 Å². The molecule has 3 rings (SSSR count). The smallest absolute Gasteiger partial charge is 0.173 e. The standard InChI is InChI=1S/C48H73IO2P/c1-6-8-10-12-20-28-39-50-48(51-40-29-21-13-11-9-7-2)38-23-19-17-15-14-16-18-22-33-44-34-30-37-47(43(44)5)52(49,45-35-26-24-31-41(45)3)46-36-27-25-32-42(46)4/h14,16,24-27,30-32,34-37,48H,6-13,15,17-23,28-29,33,38-40H2,1-5H3/q+1/b16-14-. The first-order valence-electron chi connectivity index (χ1n) is 21.1. The van der Waals surface area contributed by atoms with Gasteiger partial charge in [-0.2, -0.15) is 0 Å². The van der Waals surface area contributed by atoms with Gasteiger partial charge in [0.2, 0.25) is 0 Å². The summed E-state index contributed by atoms with van der Waals surface area (Å²) in [5.41, 5.74) is 5.75. The number of aryl methyl sites for hydroxylation is 3. The second-order valence-electron chi connectivity index (χ2n) is 14.9. The lowest BCUT2D eigenvalue weighted by molar-refractivity contribution is -0.148. The van der Waals surface area contributed by atoms with Crippen molar-refractivity contribution in [2.45, 2.75) is 169 Å². The van der Waals surface area contributed by atoms with Gasteiger partial charge in [-0.05, 0) is 119 Å². The van der Waals surface area contributed by atoms with Gasteiger partial charge in [0.05, 0.1) is 0 Å². The van der Waals surface area contributed by atoms with Crippen molar-refractivity contribution in [3.8, 4) is 0 Å². The maximum absolute atomic E-state index is 6.26. The third kappa shape index (κ3) is 15.7. The van der Waals surface area contributed by atoms with Crippen molar-refractivity contribution in [2.75, 3.05) is 13.2 Å². The van der Waals surface area contributed by atoms with Crippen LogP contribution in [0.4, 0.5) is 0 Å². The Hall–Kier alpha value is -1.52. The highest BCUT2D eigenvalue weighted by molar-refractivity contribution is 14.2. The topological polar surface area (TPSA) is 18.5 Å². The molecule has 0 aromatic heterocycles. The molecule has 0 saturated carbocycles. The van der Waals surface area contributed by atoms with E-state index in [1.54, 1.807) is 0 Å². The van der Waals surface area contributed by atoms with Gasteiger partial charge in [0.25, 0.3) is 0 Å². The SMILES string of the molecule is CCCCCCCCOC(CCCCC/C=C\CCCc1cccc([P+](I)(c2ccccc2C)c2ccccc2C)c1C)OCCCCCCCC. The van der Waals surface area contributed by atoms with Gasteiger partial charge in [-0.25, -0.2) is 0 Å². The van der Waals surface area contributed by atoms with Gasteiger partial charge in [0.1, 0.15) is 15.9 Å². The van der Waals surface area contributed by atoms with E-state index in [0.29, 0.717) is 0 Å². The Morgan fingerprint density at radius 3 is 1.58 bits per heavy atom. The highest BCUT2D eigenvalue weighted by Crippen LogP contribution is 2.65. The van der Waals surface area contributed by atoms with E-state index in [4.69, 9.17) is 9.47 Å². The number of allylic oxidation sites excluding steroid dienone is 2. The highest BCUT2D eigenvalue weighted by Gasteiger charge is 2.46. The molecule has 52 heavy (non-hydrogen) atoms. The van der Waals surface area contributed by atoms with Crippen molar-refractivity contribution in [3.05, 3.63) is 101 Å². The normalized spacial score (nSPS) is 12.1. The van der Waals surface area contributed by atoms with Crippen LogP contribution in [0.2, 0.25) is 0 Å².